The zero-order valence-corrected chi connectivity index (χ0v) is 13.0. The van der Waals surface area contributed by atoms with Crippen molar-refractivity contribution in [1.29, 1.82) is 0 Å². The van der Waals surface area contributed by atoms with Gasteiger partial charge in [-0.15, -0.1) is 0 Å². The molecule has 1 saturated carbocycles. The first-order chi connectivity index (χ1) is 9.11. The molecule has 2 unspecified atom stereocenters. The number of carbonyl (C=O) groups excluding carboxylic acids is 1. The normalized spacial score (nSPS) is 18.1. The highest BCUT2D eigenvalue weighted by Crippen LogP contribution is 2.32. The van der Waals surface area contributed by atoms with E-state index in [9.17, 15) is 4.79 Å². The van der Waals surface area contributed by atoms with Gasteiger partial charge in [0.05, 0.1) is 0 Å². The summed E-state index contributed by atoms with van der Waals surface area (Å²) < 4.78 is 0. The van der Waals surface area contributed by atoms with E-state index in [0.717, 1.165) is 45.1 Å². The van der Waals surface area contributed by atoms with Crippen LogP contribution in [0.25, 0.3) is 0 Å². The number of carbonyl (C=O) groups is 1. The molecule has 19 heavy (non-hydrogen) atoms. The van der Waals surface area contributed by atoms with Crippen LogP contribution in [0.1, 0.15) is 72.1 Å². The van der Waals surface area contributed by atoms with Crippen LogP contribution >= 0.6 is 0 Å². The maximum atomic E-state index is 12.4. The number of rotatable bonds is 10. The van der Waals surface area contributed by atoms with Crippen LogP contribution in [0, 0.1) is 5.92 Å². The van der Waals surface area contributed by atoms with E-state index in [4.69, 9.17) is 5.73 Å². The molecular formula is C16H32N2O. The van der Waals surface area contributed by atoms with Crippen LogP contribution in [0.5, 0.6) is 0 Å². The lowest BCUT2D eigenvalue weighted by Crippen LogP contribution is -2.43. The summed E-state index contributed by atoms with van der Waals surface area (Å²) in [6.07, 6.45) is 8.70. The van der Waals surface area contributed by atoms with Crippen molar-refractivity contribution < 1.29 is 4.79 Å². The Kier molecular flexibility index (Phi) is 7.44. The number of nitrogens with zero attached hydrogens (tertiary/aromatic N) is 1. The molecule has 0 aromatic rings. The molecule has 1 fully saturated rings. The Hall–Kier alpha value is -0.570. The van der Waals surface area contributed by atoms with Crippen molar-refractivity contribution in [1.82, 2.24) is 4.90 Å². The van der Waals surface area contributed by atoms with Crippen molar-refractivity contribution in [3.05, 3.63) is 0 Å². The number of unbranched alkanes of at least 4 members (excludes halogenated alkanes) is 3. The van der Waals surface area contributed by atoms with E-state index in [-0.39, 0.29) is 0 Å². The molecule has 1 aliphatic carbocycles. The lowest BCUT2D eigenvalue weighted by molar-refractivity contribution is -0.135. The molecule has 0 saturated heterocycles. The van der Waals surface area contributed by atoms with Crippen LogP contribution in [0.2, 0.25) is 0 Å². The van der Waals surface area contributed by atoms with Gasteiger partial charge in [0, 0.05) is 18.5 Å². The second-order valence-electron chi connectivity index (χ2n) is 6.11. The monoisotopic (exact) mass is 268 g/mol. The molecule has 0 aromatic carbocycles. The largest absolute Gasteiger partial charge is 0.337 e. The average molecular weight is 268 g/mol. The maximum absolute atomic E-state index is 12.4. The third-order valence-corrected chi connectivity index (χ3v) is 4.48. The van der Waals surface area contributed by atoms with Gasteiger partial charge in [0.15, 0.2) is 0 Å². The van der Waals surface area contributed by atoms with Crippen LogP contribution in [-0.2, 0) is 4.79 Å². The van der Waals surface area contributed by atoms with E-state index < -0.39 is 0 Å². The fraction of sp³-hybridized carbons (Fsp3) is 0.938. The van der Waals surface area contributed by atoms with Gasteiger partial charge >= 0.3 is 0 Å². The molecule has 0 spiro atoms. The molecule has 1 rings (SSSR count). The van der Waals surface area contributed by atoms with Crippen LogP contribution in [0.15, 0.2) is 0 Å². The highest BCUT2D eigenvalue weighted by molar-refractivity contribution is 5.77. The van der Waals surface area contributed by atoms with Crippen LogP contribution in [-0.4, -0.2) is 29.4 Å². The third kappa shape index (κ3) is 5.52. The Bertz CT molecular complexity index is 263. The number of amides is 1. The SMILES string of the molecule is CCC(C)C(C)N(C(=O)CCCCCCN)C1CC1. The standard InChI is InChI=1S/C16H32N2O/c1-4-13(2)14(3)18(15-10-11-15)16(19)9-7-5-6-8-12-17/h13-15H,4-12,17H2,1-3H3. The lowest BCUT2D eigenvalue weighted by atomic mass is 9.98. The molecule has 1 aliphatic rings. The van der Waals surface area contributed by atoms with Crippen LogP contribution in [0.3, 0.4) is 0 Å². The van der Waals surface area contributed by atoms with Gasteiger partial charge in [0.25, 0.3) is 0 Å². The average Bonchev–Trinajstić information content (AvgIpc) is 3.22. The smallest absolute Gasteiger partial charge is 0.223 e. The molecule has 0 aromatic heterocycles. The van der Waals surface area contributed by atoms with Gasteiger partial charge in [-0.25, -0.2) is 0 Å². The van der Waals surface area contributed by atoms with Gasteiger partial charge in [-0.3, -0.25) is 4.79 Å². The summed E-state index contributed by atoms with van der Waals surface area (Å²) in [5.41, 5.74) is 5.48. The molecule has 0 radical (unpaired) electrons. The van der Waals surface area contributed by atoms with Crippen molar-refractivity contribution in [2.75, 3.05) is 6.54 Å². The van der Waals surface area contributed by atoms with E-state index in [1.807, 2.05) is 0 Å². The van der Waals surface area contributed by atoms with Crippen molar-refractivity contribution >= 4 is 5.91 Å². The summed E-state index contributed by atoms with van der Waals surface area (Å²) in [6.45, 7) is 7.46. The van der Waals surface area contributed by atoms with E-state index >= 15 is 0 Å². The van der Waals surface area contributed by atoms with Gasteiger partial charge in [0.2, 0.25) is 5.91 Å². The fourth-order valence-corrected chi connectivity index (χ4v) is 2.63. The Labute approximate surface area is 118 Å². The zero-order valence-electron chi connectivity index (χ0n) is 13.0. The first kappa shape index (κ1) is 16.5. The quantitative estimate of drug-likeness (QED) is 0.618. The predicted molar refractivity (Wildman–Crippen MR) is 80.9 cm³/mol. The summed E-state index contributed by atoms with van der Waals surface area (Å²) in [6, 6.07) is 0.939. The minimum atomic E-state index is 0.378. The van der Waals surface area contributed by atoms with Crippen LogP contribution in [0.4, 0.5) is 0 Å². The molecular weight excluding hydrogens is 236 g/mol. The Morgan fingerprint density at radius 1 is 1.21 bits per heavy atom. The van der Waals surface area contributed by atoms with E-state index in [0.29, 0.717) is 23.9 Å². The molecule has 0 aliphatic heterocycles. The number of hydrogen-bond donors (Lipinski definition) is 1. The van der Waals surface area contributed by atoms with Crippen molar-refractivity contribution in [2.45, 2.75) is 84.2 Å². The van der Waals surface area contributed by atoms with Gasteiger partial charge in [-0.2, -0.15) is 0 Å². The van der Waals surface area contributed by atoms with E-state index in [1.165, 1.54) is 12.8 Å². The summed E-state index contributed by atoms with van der Waals surface area (Å²) in [5.74, 6) is 0.977. The number of hydrogen-bond acceptors (Lipinski definition) is 2. The van der Waals surface area contributed by atoms with Gasteiger partial charge in [-0.1, -0.05) is 33.1 Å². The molecule has 0 bridgehead atoms. The van der Waals surface area contributed by atoms with Gasteiger partial charge in [-0.05, 0) is 45.1 Å². The number of nitrogens with two attached hydrogens (primary N) is 1. The summed E-state index contributed by atoms with van der Waals surface area (Å²) in [4.78, 5) is 14.6. The molecule has 2 N–H and O–H groups in total. The van der Waals surface area contributed by atoms with Gasteiger partial charge in [0.1, 0.15) is 0 Å². The fourth-order valence-electron chi connectivity index (χ4n) is 2.63. The predicted octanol–water partition coefficient (Wildman–Crippen LogP) is 3.32. The Balaban J connectivity index is 2.36. The molecule has 3 heteroatoms. The minimum absolute atomic E-state index is 0.378. The summed E-state index contributed by atoms with van der Waals surface area (Å²) in [5, 5.41) is 0. The summed E-state index contributed by atoms with van der Waals surface area (Å²) in [7, 11) is 0. The molecule has 0 heterocycles. The lowest BCUT2D eigenvalue weighted by Gasteiger charge is -2.33. The van der Waals surface area contributed by atoms with Crippen LogP contribution < -0.4 is 5.73 Å². The minimum Gasteiger partial charge on any atom is -0.337 e. The van der Waals surface area contributed by atoms with E-state index in [1.54, 1.807) is 0 Å². The highest BCUT2D eigenvalue weighted by Gasteiger charge is 2.36. The van der Waals surface area contributed by atoms with Gasteiger partial charge < -0.3 is 10.6 Å². The maximum Gasteiger partial charge on any atom is 0.223 e. The highest BCUT2D eigenvalue weighted by atomic mass is 16.2. The zero-order chi connectivity index (χ0) is 14.3. The first-order valence-electron chi connectivity index (χ1n) is 8.13. The Morgan fingerprint density at radius 3 is 2.37 bits per heavy atom. The molecule has 1 amide bonds. The molecule has 2 atom stereocenters. The van der Waals surface area contributed by atoms with Crippen molar-refractivity contribution in [3.63, 3.8) is 0 Å². The third-order valence-electron chi connectivity index (χ3n) is 4.48. The Morgan fingerprint density at radius 2 is 1.84 bits per heavy atom. The van der Waals surface area contributed by atoms with E-state index in [2.05, 4.69) is 25.7 Å². The van der Waals surface area contributed by atoms with Crippen molar-refractivity contribution in [3.8, 4) is 0 Å². The first-order valence-corrected chi connectivity index (χ1v) is 8.13. The molecule has 112 valence electrons. The topological polar surface area (TPSA) is 46.3 Å². The van der Waals surface area contributed by atoms with Crippen molar-refractivity contribution in [2.24, 2.45) is 11.7 Å². The second kappa shape index (κ2) is 8.57. The summed E-state index contributed by atoms with van der Waals surface area (Å²) >= 11 is 0. The second-order valence-corrected chi connectivity index (χ2v) is 6.11. The molecule has 3 nitrogen and oxygen atoms in total.